The van der Waals surface area contributed by atoms with Crippen LogP contribution in [0.3, 0.4) is 0 Å². The Labute approximate surface area is 82.8 Å². The predicted molar refractivity (Wildman–Crippen MR) is 52.4 cm³/mol. The molecule has 1 saturated heterocycles. The maximum absolute atomic E-state index is 13.0. The third kappa shape index (κ3) is 1.79. The Morgan fingerprint density at radius 1 is 1.43 bits per heavy atom. The molecule has 76 valence electrons. The monoisotopic (exact) mass is 195 g/mol. The lowest BCUT2D eigenvalue weighted by molar-refractivity contribution is 0.0120. The van der Waals surface area contributed by atoms with Crippen molar-refractivity contribution in [1.82, 2.24) is 5.32 Å². The van der Waals surface area contributed by atoms with E-state index >= 15 is 0 Å². The summed E-state index contributed by atoms with van der Waals surface area (Å²) < 4.78 is 13.0. The molecule has 1 aliphatic heterocycles. The molecule has 1 aliphatic rings. The summed E-state index contributed by atoms with van der Waals surface area (Å²) in [7, 11) is 0. The van der Waals surface area contributed by atoms with Crippen LogP contribution in [0.1, 0.15) is 18.4 Å². The summed E-state index contributed by atoms with van der Waals surface area (Å²) in [6.45, 7) is 1.44. The molecule has 0 aromatic heterocycles. The van der Waals surface area contributed by atoms with Crippen molar-refractivity contribution in [2.45, 2.75) is 18.4 Å². The first-order valence-electron chi connectivity index (χ1n) is 4.90. The van der Waals surface area contributed by atoms with Gasteiger partial charge in [-0.3, -0.25) is 0 Å². The molecule has 1 heterocycles. The highest BCUT2D eigenvalue weighted by molar-refractivity contribution is 5.24. The highest BCUT2D eigenvalue weighted by Crippen LogP contribution is 2.28. The first-order valence-corrected chi connectivity index (χ1v) is 4.90. The van der Waals surface area contributed by atoms with Crippen molar-refractivity contribution in [2.75, 3.05) is 13.1 Å². The molecule has 1 aromatic rings. The summed E-state index contributed by atoms with van der Waals surface area (Å²) in [5, 5.41) is 13.4. The van der Waals surface area contributed by atoms with Gasteiger partial charge in [0.1, 0.15) is 11.4 Å². The quantitative estimate of drug-likeness (QED) is 0.710. The molecule has 0 bridgehead atoms. The zero-order valence-corrected chi connectivity index (χ0v) is 7.96. The van der Waals surface area contributed by atoms with E-state index < -0.39 is 5.60 Å². The minimum absolute atomic E-state index is 0.290. The van der Waals surface area contributed by atoms with E-state index in [1.165, 1.54) is 12.1 Å². The molecule has 0 spiro atoms. The van der Waals surface area contributed by atoms with Crippen LogP contribution in [0.25, 0.3) is 0 Å². The van der Waals surface area contributed by atoms with Gasteiger partial charge in [0.2, 0.25) is 0 Å². The Morgan fingerprint density at radius 2 is 2.29 bits per heavy atom. The van der Waals surface area contributed by atoms with Gasteiger partial charge >= 0.3 is 0 Å². The van der Waals surface area contributed by atoms with Gasteiger partial charge in [-0.05, 0) is 37.1 Å². The molecule has 0 amide bonds. The van der Waals surface area contributed by atoms with Crippen LogP contribution < -0.4 is 5.32 Å². The second-order valence-corrected chi connectivity index (χ2v) is 3.82. The number of rotatable bonds is 1. The van der Waals surface area contributed by atoms with E-state index in [2.05, 4.69) is 5.32 Å². The number of nitrogens with one attached hydrogen (secondary N) is 1. The normalized spacial score (nSPS) is 27.6. The molecule has 0 saturated carbocycles. The van der Waals surface area contributed by atoms with Gasteiger partial charge in [-0.25, -0.2) is 4.39 Å². The van der Waals surface area contributed by atoms with E-state index in [1.807, 2.05) is 0 Å². The van der Waals surface area contributed by atoms with Crippen molar-refractivity contribution in [3.8, 4) is 0 Å². The Balaban J connectivity index is 2.28. The highest BCUT2D eigenvalue weighted by Gasteiger charge is 2.31. The fraction of sp³-hybridized carbons (Fsp3) is 0.455. The van der Waals surface area contributed by atoms with Crippen LogP contribution in [0.5, 0.6) is 0 Å². The van der Waals surface area contributed by atoms with E-state index in [0.717, 1.165) is 13.0 Å². The minimum atomic E-state index is -0.889. The van der Waals surface area contributed by atoms with Gasteiger partial charge < -0.3 is 10.4 Å². The zero-order valence-electron chi connectivity index (χ0n) is 7.96. The number of benzene rings is 1. The second kappa shape index (κ2) is 3.67. The van der Waals surface area contributed by atoms with E-state index in [9.17, 15) is 9.50 Å². The molecule has 0 radical (unpaired) electrons. The SMILES string of the molecule is OC1(c2cccc(F)c2)CCCNC1. The average molecular weight is 195 g/mol. The van der Waals surface area contributed by atoms with Crippen LogP contribution in [0.15, 0.2) is 24.3 Å². The topological polar surface area (TPSA) is 32.3 Å². The molecule has 3 heteroatoms. The van der Waals surface area contributed by atoms with Crippen molar-refractivity contribution in [3.05, 3.63) is 35.6 Å². The largest absolute Gasteiger partial charge is 0.384 e. The first-order chi connectivity index (χ1) is 6.71. The third-order valence-electron chi connectivity index (χ3n) is 2.72. The van der Waals surface area contributed by atoms with Gasteiger partial charge in [0.15, 0.2) is 0 Å². The second-order valence-electron chi connectivity index (χ2n) is 3.82. The van der Waals surface area contributed by atoms with Crippen molar-refractivity contribution >= 4 is 0 Å². The fourth-order valence-corrected chi connectivity index (χ4v) is 1.91. The van der Waals surface area contributed by atoms with Gasteiger partial charge in [-0.2, -0.15) is 0 Å². The lowest BCUT2D eigenvalue weighted by atomic mass is 9.87. The molecule has 2 rings (SSSR count). The summed E-state index contributed by atoms with van der Waals surface area (Å²) in [5.74, 6) is -0.290. The summed E-state index contributed by atoms with van der Waals surface area (Å²) in [6.07, 6.45) is 1.62. The van der Waals surface area contributed by atoms with Crippen molar-refractivity contribution < 1.29 is 9.50 Å². The summed E-state index contributed by atoms with van der Waals surface area (Å²) >= 11 is 0. The van der Waals surface area contributed by atoms with Crippen LogP contribution in [0.4, 0.5) is 4.39 Å². The Kier molecular flexibility index (Phi) is 2.52. The Morgan fingerprint density at radius 3 is 2.93 bits per heavy atom. The van der Waals surface area contributed by atoms with Crippen LogP contribution in [-0.2, 0) is 5.60 Å². The van der Waals surface area contributed by atoms with Crippen LogP contribution in [0.2, 0.25) is 0 Å². The molecule has 1 unspecified atom stereocenters. The van der Waals surface area contributed by atoms with Gasteiger partial charge in [-0.15, -0.1) is 0 Å². The highest BCUT2D eigenvalue weighted by atomic mass is 19.1. The van der Waals surface area contributed by atoms with Crippen LogP contribution in [0, 0.1) is 5.82 Å². The number of aliphatic hydroxyl groups is 1. The van der Waals surface area contributed by atoms with Crippen molar-refractivity contribution in [3.63, 3.8) is 0 Å². The summed E-state index contributed by atoms with van der Waals surface area (Å²) in [6, 6.07) is 6.21. The van der Waals surface area contributed by atoms with Gasteiger partial charge in [-0.1, -0.05) is 12.1 Å². The number of hydrogen-bond donors (Lipinski definition) is 2. The molecule has 1 aromatic carbocycles. The molecular weight excluding hydrogens is 181 g/mol. The van der Waals surface area contributed by atoms with Crippen molar-refractivity contribution in [1.29, 1.82) is 0 Å². The van der Waals surface area contributed by atoms with E-state index in [-0.39, 0.29) is 5.82 Å². The van der Waals surface area contributed by atoms with Gasteiger partial charge in [0.25, 0.3) is 0 Å². The maximum Gasteiger partial charge on any atom is 0.123 e. The van der Waals surface area contributed by atoms with E-state index in [1.54, 1.807) is 12.1 Å². The maximum atomic E-state index is 13.0. The fourth-order valence-electron chi connectivity index (χ4n) is 1.91. The van der Waals surface area contributed by atoms with Gasteiger partial charge in [0, 0.05) is 6.54 Å². The molecule has 1 atom stereocenters. The first kappa shape index (κ1) is 9.62. The third-order valence-corrected chi connectivity index (χ3v) is 2.72. The lowest BCUT2D eigenvalue weighted by Crippen LogP contribution is -2.43. The van der Waals surface area contributed by atoms with Crippen LogP contribution >= 0.6 is 0 Å². The molecule has 1 fully saturated rings. The number of β-amino-alcohol motifs (C(OH)–C–C–N with tert-alkyl or cyclic N) is 1. The molecule has 14 heavy (non-hydrogen) atoms. The van der Waals surface area contributed by atoms with Crippen molar-refractivity contribution in [2.24, 2.45) is 0 Å². The smallest absolute Gasteiger partial charge is 0.123 e. The Hall–Kier alpha value is -0.930. The summed E-state index contributed by atoms with van der Waals surface area (Å²) in [4.78, 5) is 0. The molecule has 2 N–H and O–H groups in total. The Bertz CT molecular complexity index is 321. The van der Waals surface area contributed by atoms with Gasteiger partial charge in [0.05, 0.1) is 0 Å². The molecule has 2 nitrogen and oxygen atoms in total. The zero-order chi connectivity index (χ0) is 10.0. The predicted octanol–water partition coefficient (Wildman–Crippen LogP) is 1.40. The average Bonchev–Trinajstić information content (AvgIpc) is 2.19. The number of piperidine rings is 1. The minimum Gasteiger partial charge on any atom is -0.384 e. The standard InChI is InChI=1S/C11H14FNO/c12-10-4-1-3-9(7-10)11(14)5-2-6-13-8-11/h1,3-4,7,13-14H,2,5-6,8H2. The van der Waals surface area contributed by atoms with Crippen LogP contribution in [-0.4, -0.2) is 18.2 Å². The number of hydrogen-bond acceptors (Lipinski definition) is 2. The van der Waals surface area contributed by atoms with E-state index in [4.69, 9.17) is 0 Å². The lowest BCUT2D eigenvalue weighted by Gasteiger charge is -2.33. The summed E-state index contributed by atoms with van der Waals surface area (Å²) in [5.41, 5.74) is -0.218. The van der Waals surface area contributed by atoms with E-state index in [0.29, 0.717) is 18.5 Å². The molecule has 0 aliphatic carbocycles. The molecular formula is C11H14FNO. The number of halogens is 1.